The van der Waals surface area contributed by atoms with Crippen LogP contribution < -0.4 is 5.32 Å². The van der Waals surface area contributed by atoms with Crippen LogP contribution in [0.25, 0.3) is 21.3 Å². The highest BCUT2D eigenvalue weighted by Gasteiger charge is 2.27. The minimum atomic E-state index is -3.51. The number of nitrogens with zero attached hydrogens (tertiary/aromatic N) is 5. The van der Waals surface area contributed by atoms with E-state index in [1.54, 1.807) is 41.3 Å². The average molecular weight is 469 g/mol. The van der Waals surface area contributed by atoms with Crippen molar-refractivity contribution in [3.63, 3.8) is 0 Å². The van der Waals surface area contributed by atoms with Crippen LogP contribution in [0.4, 0.5) is 5.13 Å². The van der Waals surface area contributed by atoms with E-state index in [0.717, 1.165) is 24.0 Å². The van der Waals surface area contributed by atoms with E-state index in [1.807, 2.05) is 13.2 Å². The number of carbonyl (C=O) groups excluding carboxylic acids is 1. The minimum Gasteiger partial charge on any atom is -0.298 e. The van der Waals surface area contributed by atoms with E-state index in [9.17, 15) is 13.2 Å². The molecule has 1 saturated heterocycles. The Morgan fingerprint density at radius 3 is 2.66 bits per heavy atom. The topological polar surface area (TPSA) is 110 Å². The molecule has 32 heavy (non-hydrogen) atoms. The summed E-state index contributed by atoms with van der Waals surface area (Å²) < 4.78 is 29.5. The Hall–Kier alpha value is -3.15. The normalized spacial score (nSPS) is 14.8. The maximum atomic E-state index is 12.8. The largest absolute Gasteiger partial charge is 0.298 e. The Kier molecular flexibility index (Phi) is 5.24. The molecule has 0 aliphatic carbocycles. The molecule has 0 saturated carbocycles. The lowest BCUT2D eigenvalue weighted by Gasteiger charge is -2.15. The van der Waals surface area contributed by atoms with E-state index in [2.05, 4.69) is 20.4 Å². The standard InChI is InChI=1S/C21H20N6O3S2/c1-26-13-16(12-23-26)14-8-15(11-22-10-14)20(28)25-21-24-18-5-4-17(9-19(18)31-21)32(29,30)27-6-2-3-7-27/h4-5,8-13H,2-3,6-7H2,1H3,(H,24,25,28). The summed E-state index contributed by atoms with van der Waals surface area (Å²) in [5.41, 5.74) is 2.67. The predicted molar refractivity (Wildman–Crippen MR) is 122 cm³/mol. The second-order valence-corrected chi connectivity index (χ2v) is 10.5. The third kappa shape index (κ3) is 3.90. The molecule has 4 heterocycles. The van der Waals surface area contributed by atoms with Gasteiger partial charge in [0.25, 0.3) is 5.91 Å². The second kappa shape index (κ2) is 8.08. The van der Waals surface area contributed by atoms with Gasteiger partial charge in [0, 0.05) is 49.9 Å². The van der Waals surface area contributed by atoms with Gasteiger partial charge in [0.15, 0.2) is 5.13 Å². The van der Waals surface area contributed by atoms with Crippen LogP contribution in [-0.2, 0) is 17.1 Å². The lowest BCUT2D eigenvalue weighted by molar-refractivity contribution is 0.102. The molecule has 0 spiro atoms. The van der Waals surface area contributed by atoms with Gasteiger partial charge in [-0.2, -0.15) is 9.40 Å². The molecule has 1 aliphatic heterocycles. The summed E-state index contributed by atoms with van der Waals surface area (Å²) in [4.78, 5) is 21.6. The summed E-state index contributed by atoms with van der Waals surface area (Å²) in [6, 6.07) is 6.62. The smallest absolute Gasteiger partial charge is 0.259 e. The van der Waals surface area contributed by atoms with Gasteiger partial charge in [-0.05, 0) is 37.1 Å². The van der Waals surface area contributed by atoms with Crippen molar-refractivity contribution in [1.29, 1.82) is 0 Å². The molecule has 1 fully saturated rings. The third-order valence-electron chi connectivity index (χ3n) is 5.32. The lowest BCUT2D eigenvalue weighted by atomic mass is 10.1. The van der Waals surface area contributed by atoms with Crippen molar-refractivity contribution < 1.29 is 13.2 Å². The van der Waals surface area contributed by atoms with Crippen molar-refractivity contribution >= 4 is 42.6 Å². The number of carbonyl (C=O) groups is 1. The molecule has 3 aromatic heterocycles. The van der Waals surface area contributed by atoms with Crippen LogP contribution >= 0.6 is 11.3 Å². The molecule has 0 bridgehead atoms. The van der Waals surface area contributed by atoms with Crippen molar-refractivity contribution in [1.82, 2.24) is 24.1 Å². The highest BCUT2D eigenvalue weighted by atomic mass is 32.2. The molecule has 0 atom stereocenters. The number of sulfonamides is 1. The minimum absolute atomic E-state index is 0.252. The van der Waals surface area contributed by atoms with Crippen molar-refractivity contribution in [2.45, 2.75) is 17.7 Å². The van der Waals surface area contributed by atoms with Crippen LogP contribution in [0.5, 0.6) is 0 Å². The van der Waals surface area contributed by atoms with Gasteiger partial charge < -0.3 is 0 Å². The van der Waals surface area contributed by atoms with Crippen molar-refractivity contribution in [3.8, 4) is 11.1 Å². The molecule has 11 heteroatoms. The zero-order valence-corrected chi connectivity index (χ0v) is 18.9. The molecule has 1 N–H and O–H groups in total. The molecule has 1 aromatic carbocycles. The zero-order chi connectivity index (χ0) is 22.3. The molecule has 5 rings (SSSR count). The van der Waals surface area contributed by atoms with Crippen molar-refractivity contribution in [3.05, 3.63) is 54.6 Å². The lowest BCUT2D eigenvalue weighted by Crippen LogP contribution is -2.27. The van der Waals surface area contributed by atoms with Crippen LogP contribution in [0.3, 0.4) is 0 Å². The molecule has 0 unspecified atom stereocenters. The van der Waals surface area contributed by atoms with Gasteiger partial charge in [0.2, 0.25) is 10.0 Å². The van der Waals surface area contributed by atoms with Gasteiger partial charge >= 0.3 is 0 Å². The SMILES string of the molecule is Cn1cc(-c2cncc(C(=O)Nc3nc4ccc(S(=O)(=O)N5CCCC5)cc4s3)c2)cn1. The molecule has 164 valence electrons. The number of aryl methyl sites for hydroxylation is 1. The number of rotatable bonds is 5. The van der Waals surface area contributed by atoms with Gasteiger partial charge in [-0.3, -0.25) is 19.8 Å². The summed E-state index contributed by atoms with van der Waals surface area (Å²) in [5.74, 6) is -0.341. The molecule has 1 amide bonds. The van der Waals surface area contributed by atoms with E-state index >= 15 is 0 Å². The number of fused-ring (bicyclic) bond motifs is 1. The van der Waals surface area contributed by atoms with Gasteiger partial charge in [-0.1, -0.05) is 11.3 Å². The number of thiazole rings is 1. The van der Waals surface area contributed by atoms with E-state index in [1.165, 1.54) is 21.8 Å². The average Bonchev–Trinajstić information content (AvgIpc) is 3.54. The predicted octanol–water partition coefficient (Wildman–Crippen LogP) is 3.13. The van der Waals surface area contributed by atoms with E-state index in [4.69, 9.17) is 0 Å². The summed E-state index contributed by atoms with van der Waals surface area (Å²) in [7, 11) is -1.68. The van der Waals surface area contributed by atoms with Gasteiger partial charge in [0.1, 0.15) is 0 Å². The molecule has 0 radical (unpaired) electrons. The first-order chi connectivity index (χ1) is 15.4. The summed E-state index contributed by atoms with van der Waals surface area (Å²) in [5, 5.41) is 7.33. The summed E-state index contributed by atoms with van der Waals surface area (Å²) >= 11 is 1.24. The number of pyridine rings is 1. The van der Waals surface area contributed by atoms with E-state index in [0.29, 0.717) is 34.0 Å². The monoisotopic (exact) mass is 468 g/mol. The number of amides is 1. The number of hydrogen-bond donors (Lipinski definition) is 1. The van der Waals surface area contributed by atoms with Crippen LogP contribution in [0.2, 0.25) is 0 Å². The van der Waals surface area contributed by atoms with Gasteiger partial charge in [-0.25, -0.2) is 13.4 Å². The van der Waals surface area contributed by atoms with Gasteiger partial charge in [-0.15, -0.1) is 0 Å². The maximum Gasteiger partial charge on any atom is 0.259 e. The number of aromatic nitrogens is 4. The van der Waals surface area contributed by atoms with Crippen LogP contribution in [0, 0.1) is 0 Å². The molecule has 1 aliphatic rings. The number of hydrogen-bond acceptors (Lipinski definition) is 7. The fraction of sp³-hybridized carbons (Fsp3) is 0.238. The first kappa shape index (κ1) is 20.7. The molecule has 9 nitrogen and oxygen atoms in total. The van der Waals surface area contributed by atoms with Gasteiger partial charge in [0.05, 0.1) is 26.9 Å². The Bertz CT molecular complexity index is 1420. The van der Waals surface area contributed by atoms with Crippen LogP contribution in [0.15, 0.2) is 53.9 Å². The second-order valence-electron chi connectivity index (χ2n) is 7.58. The van der Waals surface area contributed by atoms with Crippen LogP contribution in [-0.4, -0.2) is 51.5 Å². The van der Waals surface area contributed by atoms with Crippen LogP contribution in [0.1, 0.15) is 23.2 Å². The number of benzene rings is 1. The zero-order valence-electron chi connectivity index (χ0n) is 17.2. The Morgan fingerprint density at radius 1 is 1.09 bits per heavy atom. The Balaban J connectivity index is 1.38. The third-order valence-corrected chi connectivity index (χ3v) is 8.15. The van der Waals surface area contributed by atoms with Crippen molar-refractivity contribution in [2.24, 2.45) is 7.05 Å². The Morgan fingerprint density at radius 2 is 1.91 bits per heavy atom. The Labute approximate surface area is 188 Å². The highest BCUT2D eigenvalue weighted by molar-refractivity contribution is 7.89. The quantitative estimate of drug-likeness (QED) is 0.482. The number of nitrogens with one attached hydrogen (secondary N) is 1. The maximum absolute atomic E-state index is 12.8. The fourth-order valence-corrected chi connectivity index (χ4v) is 6.18. The van der Waals surface area contributed by atoms with Crippen molar-refractivity contribution in [2.75, 3.05) is 18.4 Å². The molecular formula is C21H20N6O3S2. The molecular weight excluding hydrogens is 448 g/mol. The fourth-order valence-electron chi connectivity index (χ4n) is 3.66. The summed E-state index contributed by atoms with van der Waals surface area (Å²) in [6.45, 7) is 1.10. The first-order valence-electron chi connectivity index (χ1n) is 10.1. The number of anilines is 1. The highest BCUT2D eigenvalue weighted by Crippen LogP contribution is 2.30. The first-order valence-corrected chi connectivity index (χ1v) is 12.3. The molecule has 4 aromatic rings. The van der Waals surface area contributed by atoms with E-state index < -0.39 is 10.0 Å². The van der Waals surface area contributed by atoms with E-state index in [-0.39, 0.29) is 10.8 Å². The summed E-state index contributed by atoms with van der Waals surface area (Å²) in [6.07, 6.45) is 8.49.